The van der Waals surface area contributed by atoms with Gasteiger partial charge in [-0.25, -0.2) is 0 Å². The van der Waals surface area contributed by atoms with E-state index in [0.717, 1.165) is 23.8 Å². The normalized spacial score (nSPS) is 16.7. The molecule has 1 saturated heterocycles. The molecule has 0 radical (unpaired) electrons. The molecule has 0 N–H and O–H groups in total. The minimum absolute atomic E-state index is 0.00303. The first-order chi connectivity index (χ1) is 8.48. The summed E-state index contributed by atoms with van der Waals surface area (Å²) in [5.74, 6) is 1.25. The van der Waals surface area contributed by atoms with Crippen molar-refractivity contribution in [3.05, 3.63) is 29.6 Å². The Labute approximate surface area is 106 Å². The van der Waals surface area contributed by atoms with Crippen LogP contribution < -0.4 is 0 Å². The first kappa shape index (κ1) is 13.2. The van der Waals surface area contributed by atoms with E-state index in [2.05, 4.69) is 4.98 Å². The molecule has 0 aromatic carbocycles. The van der Waals surface area contributed by atoms with Crippen LogP contribution >= 0.6 is 11.8 Å². The third-order valence-electron chi connectivity index (χ3n) is 2.61. The smallest absolute Gasteiger partial charge is 0.337 e. The molecule has 0 unspecified atom stereocenters. The fourth-order valence-electron chi connectivity index (χ4n) is 1.66. The first-order valence-electron chi connectivity index (χ1n) is 5.38. The van der Waals surface area contributed by atoms with Crippen LogP contribution in [-0.2, 0) is 6.18 Å². The lowest BCUT2D eigenvalue weighted by Gasteiger charge is -2.26. The summed E-state index contributed by atoms with van der Waals surface area (Å²) in [6.45, 7) is 1.14. The summed E-state index contributed by atoms with van der Waals surface area (Å²) in [4.78, 5) is 17.0. The fraction of sp³-hybridized carbons (Fsp3) is 0.455. The lowest BCUT2D eigenvalue weighted by atomic mass is 10.2. The second-order valence-electron chi connectivity index (χ2n) is 3.86. The van der Waals surface area contributed by atoms with Gasteiger partial charge in [0.15, 0.2) is 0 Å². The van der Waals surface area contributed by atoms with Gasteiger partial charge in [-0.3, -0.25) is 9.78 Å². The van der Waals surface area contributed by atoms with Crippen molar-refractivity contribution in [1.82, 2.24) is 9.88 Å². The molecule has 3 nitrogen and oxygen atoms in total. The molecule has 2 rings (SSSR count). The zero-order chi connectivity index (χ0) is 13.2. The predicted octanol–water partition coefficient (Wildman–Crippen LogP) is 2.29. The zero-order valence-electron chi connectivity index (χ0n) is 9.41. The molecule has 7 heteroatoms. The molecule has 2 heterocycles. The lowest BCUT2D eigenvalue weighted by Crippen LogP contribution is -2.38. The van der Waals surface area contributed by atoms with Crippen molar-refractivity contribution >= 4 is 17.7 Å². The molecule has 1 fully saturated rings. The molecule has 18 heavy (non-hydrogen) atoms. The number of nitrogens with zero attached hydrogens (tertiary/aromatic N) is 2. The number of hydrogen-bond donors (Lipinski definition) is 0. The quantitative estimate of drug-likeness (QED) is 0.789. The van der Waals surface area contributed by atoms with E-state index in [-0.39, 0.29) is 11.5 Å². The molecule has 0 atom stereocenters. The van der Waals surface area contributed by atoms with Crippen LogP contribution in [-0.4, -0.2) is 40.4 Å². The topological polar surface area (TPSA) is 33.2 Å². The second-order valence-corrected chi connectivity index (χ2v) is 5.09. The average molecular weight is 276 g/mol. The van der Waals surface area contributed by atoms with Gasteiger partial charge in [0.25, 0.3) is 5.91 Å². The highest BCUT2D eigenvalue weighted by atomic mass is 32.2. The summed E-state index contributed by atoms with van der Waals surface area (Å²) in [5.41, 5.74) is -0.892. The van der Waals surface area contributed by atoms with Gasteiger partial charge in [-0.15, -0.1) is 0 Å². The summed E-state index contributed by atoms with van der Waals surface area (Å²) in [5, 5.41) is 0. The lowest BCUT2D eigenvalue weighted by molar-refractivity contribution is -0.137. The molecule has 1 aromatic heterocycles. The van der Waals surface area contributed by atoms with E-state index in [1.807, 2.05) is 0 Å². The van der Waals surface area contributed by atoms with Gasteiger partial charge in [-0.05, 0) is 6.07 Å². The van der Waals surface area contributed by atoms with Crippen molar-refractivity contribution in [3.8, 4) is 0 Å². The van der Waals surface area contributed by atoms with Crippen LogP contribution in [0.15, 0.2) is 18.5 Å². The van der Waals surface area contributed by atoms with E-state index in [1.165, 1.54) is 6.20 Å². The van der Waals surface area contributed by atoms with Gasteiger partial charge in [-0.2, -0.15) is 24.9 Å². The van der Waals surface area contributed by atoms with Gasteiger partial charge in [0.2, 0.25) is 0 Å². The minimum atomic E-state index is -4.47. The molecular formula is C11H11F3N2OS. The van der Waals surface area contributed by atoms with Gasteiger partial charge in [0.05, 0.1) is 11.1 Å². The highest BCUT2D eigenvalue weighted by molar-refractivity contribution is 7.99. The Hall–Kier alpha value is -1.24. The van der Waals surface area contributed by atoms with Gasteiger partial charge >= 0.3 is 6.18 Å². The maximum atomic E-state index is 12.5. The standard InChI is InChI=1S/C11H11F3N2OS/c12-11(13,14)9-5-8(6-15-7-9)10(17)16-1-3-18-4-2-16/h5-7H,1-4H2. The van der Waals surface area contributed by atoms with E-state index >= 15 is 0 Å². The van der Waals surface area contributed by atoms with Gasteiger partial charge in [0.1, 0.15) is 0 Å². The third-order valence-corrected chi connectivity index (χ3v) is 3.55. The van der Waals surface area contributed by atoms with E-state index < -0.39 is 11.7 Å². The predicted molar refractivity (Wildman–Crippen MR) is 62.5 cm³/mol. The van der Waals surface area contributed by atoms with E-state index in [4.69, 9.17) is 0 Å². The summed E-state index contributed by atoms with van der Waals surface area (Å²) in [7, 11) is 0. The Morgan fingerprint density at radius 2 is 1.94 bits per heavy atom. The summed E-state index contributed by atoms with van der Waals surface area (Å²) in [6.07, 6.45) is -2.57. The fourth-order valence-corrected chi connectivity index (χ4v) is 2.56. The van der Waals surface area contributed by atoms with Crippen LogP contribution in [0, 0.1) is 0 Å². The molecule has 1 amide bonds. The largest absolute Gasteiger partial charge is 0.417 e. The average Bonchev–Trinajstić information content (AvgIpc) is 2.38. The Morgan fingerprint density at radius 3 is 2.56 bits per heavy atom. The molecule has 1 aromatic rings. The van der Waals surface area contributed by atoms with Crippen LogP contribution in [0.5, 0.6) is 0 Å². The first-order valence-corrected chi connectivity index (χ1v) is 6.53. The number of aromatic nitrogens is 1. The van der Waals surface area contributed by atoms with Crippen molar-refractivity contribution in [2.45, 2.75) is 6.18 Å². The Balaban J connectivity index is 2.20. The molecule has 0 spiro atoms. The van der Waals surface area contributed by atoms with Crippen LogP contribution in [0.3, 0.4) is 0 Å². The zero-order valence-corrected chi connectivity index (χ0v) is 10.2. The Bertz CT molecular complexity index is 444. The monoisotopic (exact) mass is 276 g/mol. The Kier molecular flexibility index (Phi) is 3.79. The summed E-state index contributed by atoms with van der Waals surface area (Å²) in [6, 6.07) is 0.858. The molecule has 0 bridgehead atoms. The number of alkyl halides is 3. The number of carbonyl (C=O) groups excluding carboxylic acids is 1. The minimum Gasteiger partial charge on any atom is -0.337 e. The van der Waals surface area contributed by atoms with E-state index in [9.17, 15) is 18.0 Å². The van der Waals surface area contributed by atoms with Gasteiger partial charge < -0.3 is 4.90 Å². The molecule has 0 aliphatic carbocycles. The summed E-state index contributed by atoms with van der Waals surface area (Å²) < 4.78 is 37.5. The van der Waals surface area contributed by atoms with Crippen LogP contribution in [0.2, 0.25) is 0 Å². The van der Waals surface area contributed by atoms with Crippen LogP contribution in [0.4, 0.5) is 13.2 Å². The number of amides is 1. The summed E-state index contributed by atoms with van der Waals surface area (Å²) >= 11 is 1.73. The number of rotatable bonds is 1. The molecule has 1 aliphatic rings. The number of halogens is 3. The number of pyridine rings is 1. The number of carbonyl (C=O) groups is 1. The maximum absolute atomic E-state index is 12.5. The van der Waals surface area contributed by atoms with Crippen molar-refractivity contribution in [1.29, 1.82) is 0 Å². The number of thioether (sulfide) groups is 1. The van der Waals surface area contributed by atoms with Crippen molar-refractivity contribution < 1.29 is 18.0 Å². The third kappa shape index (κ3) is 2.95. The number of hydrogen-bond acceptors (Lipinski definition) is 3. The van der Waals surface area contributed by atoms with Crippen molar-refractivity contribution in [2.24, 2.45) is 0 Å². The van der Waals surface area contributed by atoms with Gasteiger partial charge in [-0.1, -0.05) is 0 Å². The van der Waals surface area contributed by atoms with E-state index in [1.54, 1.807) is 16.7 Å². The molecule has 1 aliphatic heterocycles. The van der Waals surface area contributed by atoms with Crippen molar-refractivity contribution in [3.63, 3.8) is 0 Å². The SMILES string of the molecule is O=C(c1cncc(C(F)(F)F)c1)N1CCSCC1. The van der Waals surface area contributed by atoms with E-state index in [0.29, 0.717) is 13.1 Å². The Morgan fingerprint density at radius 1 is 1.28 bits per heavy atom. The highest BCUT2D eigenvalue weighted by Gasteiger charge is 2.32. The molecule has 0 saturated carbocycles. The second kappa shape index (κ2) is 5.17. The molecule has 98 valence electrons. The maximum Gasteiger partial charge on any atom is 0.417 e. The van der Waals surface area contributed by atoms with Gasteiger partial charge in [0, 0.05) is 37.0 Å². The van der Waals surface area contributed by atoms with Crippen LogP contribution in [0.1, 0.15) is 15.9 Å². The van der Waals surface area contributed by atoms with Crippen LogP contribution in [0.25, 0.3) is 0 Å². The van der Waals surface area contributed by atoms with Crippen molar-refractivity contribution in [2.75, 3.05) is 24.6 Å². The molecular weight excluding hydrogens is 265 g/mol. The highest BCUT2D eigenvalue weighted by Crippen LogP contribution is 2.29.